The lowest BCUT2D eigenvalue weighted by Gasteiger charge is -2.13. The standard InChI is InChI=1S/C22H20N4O/c23-13-19(24)15-6-8-16(9-7-15)21-17(14-4-2-1-3-5-14)12-18-20(26-21)10-11-25-22(18)27/h1-12,19H,13,23-24H2,(H,25,27). The Bertz CT molecular complexity index is 1130. The molecule has 27 heavy (non-hydrogen) atoms. The molecule has 134 valence electrons. The second-order valence-corrected chi connectivity index (χ2v) is 6.45. The van der Waals surface area contributed by atoms with Crippen LogP contribution in [-0.2, 0) is 0 Å². The topological polar surface area (TPSA) is 97.8 Å². The average Bonchev–Trinajstić information content (AvgIpc) is 2.73. The van der Waals surface area contributed by atoms with E-state index in [2.05, 4.69) is 4.98 Å². The van der Waals surface area contributed by atoms with Crippen LogP contribution in [0.5, 0.6) is 0 Å². The Balaban J connectivity index is 1.94. The summed E-state index contributed by atoms with van der Waals surface area (Å²) >= 11 is 0. The molecule has 5 nitrogen and oxygen atoms in total. The molecular formula is C22H20N4O. The van der Waals surface area contributed by atoms with E-state index in [4.69, 9.17) is 16.5 Å². The van der Waals surface area contributed by atoms with Gasteiger partial charge in [0.05, 0.1) is 16.6 Å². The van der Waals surface area contributed by atoms with Crippen LogP contribution >= 0.6 is 0 Å². The first-order chi connectivity index (χ1) is 13.2. The molecule has 0 saturated heterocycles. The third kappa shape index (κ3) is 3.26. The summed E-state index contributed by atoms with van der Waals surface area (Å²) in [5, 5.41) is 0.571. The second kappa shape index (κ2) is 7.15. The van der Waals surface area contributed by atoms with Gasteiger partial charge in [-0.3, -0.25) is 4.79 Å². The molecular weight excluding hydrogens is 336 g/mol. The highest BCUT2D eigenvalue weighted by Gasteiger charge is 2.13. The van der Waals surface area contributed by atoms with Gasteiger partial charge in [-0.15, -0.1) is 0 Å². The number of hydrogen-bond acceptors (Lipinski definition) is 4. The Morgan fingerprint density at radius 1 is 0.963 bits per heavy atom. The number of hydrogen-bond donors (Lipinski definition) is 3. The van der Waals surface area contributed by atoms with Gasteiger partial charge in [0.2, 0.25) is 0 Å². The molecule has 4 rings (SSSR count). The van der Waals surface area contributed by atoms with Crippen LogP contribution in [0.1, 0.15) is 11.6 Å². The first-order valence-corrected chi connectivity index (χ1v) is 8.81. The molecule has 5 N–H and O–H groups in total. The first kappa shape index (κ1) is 17.1. The fourth-order valence-electron chi connectivity index (χ4n) is 3.19. The predicted octanol–water partition coefficient (Wildman–Crippen LogP) is 3.22. The number of fused-ring (bicyclic) bond motifs is 1. The summed E-state index contributed by atoms with van der Waals surface area (Å²) in [5.41, 5.74) is 16.9. The predicted molar refractivity (Wildman–Crippen MR) is 109 cm³/mol. The van der Waals surface area contributed by atoms with Crippen LogP contribution in [0.25, 0.3) is 33.3 Å². The van der Waals surface area contributed by atoms with Gasteiger partial charge in [-0.1, -0.05) is 54.6 Å². The summed E-state index contributed by atoms with van der Waals surface area (Å²) in [5.74, 6) is 0. The minimum absolute atomic E-state index is 0.145. The van der Waals surface area contributed by atoms with Crippen LogP contribution in [0.15, 0.2) is 77.7 Å². The van der Waals surface area contributed by atoms with Gasteiger partial charge in [0, 0.05) is 29.9 Å². The van der Waals surface area contributed by atoms with Gasteiger partial charge < -0.3 is 16.5 Å². The van der Waals surface area contributed by atoms with E-state index in [1.807, 2.05) is 66.7 Å². The quantitative estimate of drug-likeness (QED) is 0.523. The molecule has 0 saturated carbocycles. The highest BCUT2D eigenvalue weighted by atomic mass is 16.1. The lowest BCUT2D eigenvalue weighted by molar-refractivity contribution is 0.737. The van der Waals surface area contributed by atoms with Gasteiger partial charge in [0.25, 0.3) is 5.56 Å². The Labute approximate surface area is 156 Å². The highest BCUT2D eigenvalue weighted by Crippen LogP contribution is 2.32. The number of nitrogens with one attached hydrogen (secondary N) is 1. The molecule has 2 heterocycles. The monoisotopic (exact) mass is 356 g/mol. The molecule has 1 unspecified atom stereocenters. The van der Waals surface area contributed by atoms with E-state index in [0.29, 0.717) is 17.4 Å². The van der Waals surface area contributed by atoms with Gasteiger partial charge in [-0.05, 0) is 23.3 Å². The van der Waals surface area contributed by atoms with Gasteiger partial charge in [-0.2, -0.15) is 0 Å². The van der Waals surface area contributed by atoms with E-state index >= 15 is 0 Å². The van der Waals surface area contributed by atoms with Crippen LogP contribution in [0, 0.1) is 0 Å². The zero-order valence-electron chi connectivity index (χ0n) is 14.7. The number of aromatic amines is 1. The molecule has 0 radical (unpaired) electrons. The molecule has 2 aromatic heterocycles. The number of rotatable bonds is 4. The van der Waals surface area contributed by atoms with E-state index in [-0.39, 0.29) is 11.6 Å². The fraction of sp³-hybridized carbons (Fsp3) is 0.0909. The SMILES string of the molecule is NCC(N)c1ccc(-c2nc3cc[nH]c(=O)c3cc2-c2ccccc2)cc1. The molecule has 0 aliphatic heterocycles. The van der Waals surface area contributed by atoms with Crippen molar-refractivity contribution in [1.29, 1.82) is 0 Å². The maximum Gasteiger partial charge on any atom is 0.257 e. The van der Waals surface area contributed by atoms with Crippen molar-refractivity contribution in [3.05, 3.63) is 88.8 Å². The van der Waals surface area contributed by atoms with Crippen LogP contribution < -0.4 is 17.0 Å². The zero-order chi connectivity index (χ0) is 18.8. The van der Waals surface area contributed by atoms with Crippen molar-refractivity contribution in [2.24, 2.45) is 11.5 Å². The summed E-state index contributed by atoms with van der Waals surface area (Å²) in [6, 6.07) is 21.4. The minimum Gasteiger partial charge on any atom is -0.329 e. The molecule has 0 fully saturated rings. The maximum atomic E-state index is 12.2. The number of benzene rings is 2. The average molecular weight is 356 g/mol. The Morgan fingerprint density at radius 3 is 2.41 bits per heavy atom. The normalized spacial score (nSPS) is 12.2. The lowest BCUT2D eigenvalue weighted by Crippen LogP contribution is -2.20. The van der Waals surface area contributed by atoms with Crippen molar-refractivity contribution in [3.8, 4) is 22.4 Å². The number of aromatic nitrogens is 2. The molecule has 2 aromatic carbocycles. The van der Waals surface area contributed by atoms with Crippen LogP contribution in [0.2, 0.25) is 0 Å². The highest BCUT2D eigenvalue weighted by molar-refractivity contribution is 5.91. The molecule has 4 aromatic rings. The van der Waals surface area contributed by atoms with Gasteiger partial charge in [-0.25, -0.2) is 4.98 Å². The van der Waals surface area contributed by atoms with Crippen LogP contribution in [0.3, 0.4) is 0 Å². The minimum atomic E-state index is -0.184. The summed E-state index contributed by atoms with van der Waals surface area (Å²) in [6.45, 7) is 0.394. The van der Waals surface area contributed by atoms with E-state index < -0.39 is 0 Å². The van der Waals surface area contributed by atoms with E-state index in [1.54, 1.807) is 6.20 Å². The Kier molecular flexibility index (Phi) is 4.54. The molecule has 0 aliphatic rings. The van der Waals surface area contributed by atoms with Crippen LogP contribution in [0.4, 0.5) is 0 Å². The Hall–Kier alpha value is -3.28. The second-order valence-electron chi connectivity index (χ2n) is 6.45. The van der Waals surface area contributed by atoms with Gasteiger partial charge in [0.15, 0.2) is 0 Å². The van der Waals surface area contributed by atoms with Crippen molar-refractivity contribution in [1.82, 2.24) is 9.97 Å². The third-order valence-electron chi connectivity index (χ3n) is 4.70. The molecule has 5 heteroatoms. The third-order valence-corrected chi connectivity index (χ3v) is 4.70. The fourth-order valence-corrected chi connectivity index (χ4v) is 3.19. The number of nitrogens with zero attached hydrogens (tertiary/aromatic N) is 1. The summed E-state index contributed by atoms with van der Waals surface area (Å²) in [7, 11) is 0. The van der Waals surface area contributed by atoms with E-state index in [1.165, 1.54) is 0 Å². The summed E-state index contributed by atoms with van der Waals surface area (Å²) in [6.07, 6.45) is 1.62. The molecule has 0 spiro atoms. The maximum absolute atomic E-state index is 12.2. The first-order valence-electron chi connectivity index (χ1n) is 8.81. The smallest absolute Gasteiger partial charge is 0.257 e. The van der Waals surface area contributed by atoms with Gasteiger partial charge in [0.1, 0.15) is 0 Å². The molecule has 0 aliphatic carbocycles. The molecule has 1 atom stereocenters. The van der Waals surface area contributed by atoms with Crippen LogP contribution in [-0.4, -0.2) is 16.5 Å². The van der Waals surface area contributed by atoms with Gasteiger partial charge >= 0.3 is 0 Å². The van der Waals surface area contributed by atoms with E-state index in [0.717, 1.165) is 27.9 Å². The Morgan fingerprint density at radius 2 is 1.70 bits per heavy atom. The molecule has 0 amide bonds. The lowest BCUT2D eigenvalue weighted by atomic mass is 9.96. The van der Waals surface area contributed by atoms with Crippen molar-refractivity contribution >= 4 is 10.9 Å². The zero-order valence-corrected chi connectivity index (χ0v) is 14.7. The number of nitrogens with two attached hydrogens (primary N) is 2. The summed E-state index contributed by atoms with van der Waals surface area (Å²) < 4.78 is 0. The largest absolute Gasteiger partial charge is 0.329 e. The van der Waals surface area contributed by atoms with E-state index in [9.17, 15) is 4.79 Å². The van der Waals surface area contributed by atoms with Crippen molar-refractivity contribution in [3.63, 3.8) is 0 Å². The number of H-pyrrole nitrogens is 1. The molecule has 0 bridgehead atoms. The summed E-state index contributed by atoms with van der Waals surface area (Å²) in [4.78, 5) is 19.8. The van der Waals surface area contributed by atoms with Crippen molar-refractivity contribution in [2.45, 2.75) is 6.04 Å². The van der Waals surface area contributed by atoms with Crippen molar-refractivity contribution < 1.29 is 0 Å². The van der Waals surface area contributed by atoms with Crippen molar-refractivity contribution in [2.75, 3.05) is 6.54 Å². The number of pyridine rings is 2.